The molecule has 3 aliphatic heterocycles. The summed E-state index contributed by atoms with van der Waals surface area (Å²) in [5.41, 5.74) is 1.94. The second kappa shape index (κ2) is 30.9. The Morgan fingerprint density at radius 3 is 1.39 bits per heavy atom. The van der Waals surface area contributed by atoms with Crippen LogP contribution < -0.4 is 37.2 Å². The van der Waals surface area contributed by atoms with Crippen molar-refractivity contribution in [1.29, 1.82) is 0 Å². The highest BCUT2D eigenvalue weighted by molar-refractivity contribution is 5.98. The third-order valence-electron chi connectivity index (χ3n) is 16.0. The maximum atomic E-state index is 14.7. The zero-order chi connectivity index (χ0) is 57.9. The van der Waals surface area contributed by atoms with Crippen LogP contribution in [0.3, 0.4) is 0 Å². The fourth-order valence-corrected chi connectivity index (χ4v) is 11.1. The van der Waals surface area contributed by atoms with Gasteiger partial charge in [0.2, 0.25) is 53.2 Å². The summed E-state index contributed by atoms with van der Waals surface area (Å²) >= 11 is 0. The van der Waals surface area contributed by atoms with Gasteiger partial charge in [0.25, 0.3) is 0 Å². The zero-order valence-electron chi connectivity index (χ0n) is 48.7. The molecular formula is C61H93N9O9. The van der Waals surface area contributed by atoms with Gasteiger partial charge in [0.15, 0.2) is 0 Å². The first-order valence-corrected chi connectivity index (χ1v) is 29.3. The Morgan fingerprint density at radius 1 is 0.468 bits per heavy atom. The minimum atomic E-state index is -1.12. The third-order valence-corrected chi connectivity index (χ3v) is 16.0. The van der Waals surface area contributed by atoms with Crippen LogP contribution in [0, 0.1) is 41.4 Å². The quantitative estimate of drug-likeness (QED) is 0.143. The summed E-state index contributed by atoms with van der Waals surface area (Å²) in [5, 5.41) is 20.8. The van der Waals surface area contributed by atoms with Gasteiger partial charge in [0, 0.05) is 39.0 Å². The van der Waals surface area contributed by atoms with Gasteiger partial charge in [-0.05, 0) is 104 Å². The van der Waals surface area contributed by atoms with E-state index in [0.29, 0.717) is 57.9 Å². The second-order valence-electron chi connectivity index (χ2n) is 23.9. The van der Waals surface area contributed by atoms with Crippen molar-refractivity contribution in [2.24, 2.45) is 41.4 Å². The summed E-state index contributed by atoms with van der Waals surface area (Å²) in [6.45, 7) is 19.6. The van der Waals surface area contributed by atoms with Gasteiger partial charge in [0.05, 0.1) is 0 Å². The number of fused-ring (bicyclic) bond motifs is 2. The third kappa shape index (κ3) is 18.9. The van der Waals surface area contributed by atoms with Gasteiger partial charge in [-0.1, -0.05) is 143 Å². The first kappa shape index (κ1) is 63.5. The van der Waals surface area contributed by atoms with Crippen LogP contribution in [0.1, 0.15) is 145 Å². The van der Waals surface area contributed by atoms with E-state index in [9.17, 15) is 43.2 Å². The molecule has 2 aromatic carbocycles. The summed E-state index contributed by atoms with van der Waals surface area (Å²) in [6.07, 6.45) is 4.34. The molecule has 11 atom stereocenters. The smallest absolute Gasteiger partial charge is 0.246 e. The van der Waals surface area contributed by atoms with E-state index in [1.807, 2.05) is 116 Å². The number of amides is 9. The minimum absolute atomic E-state index is 0.0289. The van der Waals surface area contributed by atoms with E-state index >= 15 is 0 Å². The number of benzene rings is 2. The highest BCUT2D eigenvalue weighted by atomic mass is 16.2. The Kier molecular flexibility index (Phi) is 24.8. The van der Waals surface area contributed by atoms with Crippen LogP contribution in [-0.4, -0.2) is 131 Å². The predicted octanol–water partition coefficient (Wildman–Crippen LogP) is 4.98. The van der Waals surface area contributed by atoms with Crippen LogP contribution in [0.2, 0.25) is 0 Å². The number of nitrogens with zero attached hydrogens (tertiary/aromatic N) is 2. The van der Waals surface area contributed by atoms with Crippen LogP contribution >= 0.6 is 0 Å². The Labute approximate surface area is 469 Å². The van der Waals surface area contributed by atoms with Crippen molar-refractivity contribution < 1.29 is 43.2 Å². The molecule has 7 N–H and O–H groups in total. The van der Waals surface area contributed by atoms with Crippen molar-refractivity contribution in [3.05, 3.63) is 71.8 Å². The molecule has 9 amide bonds. The average molecular weight is 1100 g/mol. The summed E-state index contributed by atoms with van der Waals surface area (Å²) in [4.78, 5) is 133. The monoisotopic (exact) mass is 1100 g/mol. The van der Waals surface area contributed by atoms with Crippen molar-refractivity contribution in [3.8, 4) is 0 Å². The molecule has 2 aromatic rings. The molecule has 0 radical (unpaired) electrons. The van der Waals surface area contributed by atoms with Crippen molar-refractivity contribution in [3.63, 3.8) is 0 Å². The highest BCUT2D eigenvalue weighted by Crippen LogP contribution is 2.27. The summed E-state index contributed by atoms with van der Waals surface area (Å²) in [7, 11) is 0. The van der Waals surface area contributed by atoms with Crippen LogP contribution in [0.5, 0.6) is 0 Å². The molecule has 0 aromatic heterocycles. The fraction of sp³-hybridized carbons (Fsp3) is 0.656. The molecule has 3 saturated heterocycles. The lowest BCUT2D eigenvalue weighted by molar-refractivity contribution is -0.148. The molecule has 3 heterocycles. The highest BCUT2D eigenvalue weighted by Gasteiger charge is 2.45. The van der Waals surface area contributed by atoms with Gasteiger partial charge in [-0.25, -0.2) is 0 Å². The summed E-state index contributed by atoms with van der Waals surface area (Å²) in [6, 6.07) is 12.3. The molecule has 436 valence electrons. The van der Waals surface area contributed by atoms with Gasteiger partial charge >= 0.3 is 0 Å². The van der Waals surface area contributed by atoms with E-state index in [4.69, 9.17) is 0 Å². The van der Waals surface area contributed by atoms with Gasteiger partial charge < -0.3 is 47.0 Å². The lowest BCUT2D eigenvalue weighted by Crippen LogP contribution is -2.62. The Bertz CT molecular complexity index is 2370. The molecule has 0 spiro atoms. The molecule has 3 aliphatic rings. The van der Waals surface area contributed by atoms with Gasteiger partial charge in [-0.15, -0.1) is 0 Å². The molecule has 18 nitrogen and oxygen atoms in total. The first-order chi connectivity index (χ1) is 37.6. The number of nitrogens with one attached hydrogen (secondary N) is 7. The van der Waals surface area contributed by atoms with Gasteiger partial charge in [-0.3, -0.25) is 43.2 Å². The first-order valence-electron chi connectivity index (χ1n) is 29.3. The number of carbonyl (C=O) groups excluding carboxylic acids is 9. The maximum Gasteiger partial charge on any atom is 0.246 e. The van der Waals surface area contributed by atoms with Gasteiger partial charge in [-0.2, -0.15) is 0 Å². The second-order valence-corrected chi connectivity index (χ2v) is 23.9. The number of rotatable bonds is 13. The van der Waals surface area contributed by atoms with Crippen molar-refractivity contribution in [1.82, 2.24) is 47.0 Å². The van der Waals surface area contributed by atoms with E-state index in [1.165, 1.54) is 4.90 Å². The topological polar surface area (TPSA) is 244 Å². The van der Waals surface area contributed by atoms with Crippen molar-refractivity contribution in [2.75, 3.05) is 26.2 Å². The van der Waals surface area contributed by atoms with Crippen LogP contribution in [0.4, 0.5) is 0 Å². The zero-order valence-corrected chi connectivity index (χ0v) is 48.7. The lowest BCUT2D eigenvalue weighted by atomic mass is 9.93. The fourth-order valence-electron chi connectivity index (χ4n) is 11.1. The number of hydrogen-bond donors (Lipinski definition) is 7. The standard InChI is InChI=1S/C61H93N9O9/c1-11-40(9)53-58(76)65-47(30-38(5)6)56(74)66-52(39(7)8)61(79)70-28-20-26-49(70)60(78)69-27-19-25-48(69)57(75)63-36-44(31-42-21-15-13-16-22-42)33-50(71)62-35-45(32-43-23-17-14-18-24-43)34-51(72)64-46(29-37(3)4)55(73)67-54(41(10)12-2)59(77)68-53/h13-18,21-24,37-41,44-49,52-54H,11-12,19-20,25-36H2,1-10H3,(H,62,71)(H,63,75)(H,64,72)(H,65,76)(H,66,74)(H,67,73)(H,68,77)/t40-,41-,44+,45+,46-,47-,48-,49-,52-,53-,54-/m0/s1. The largest absolute Gasteiger partial charge is 0.356 e. The van der Waals surface area contributed by atoms with Crippen LogP contribution in [-0.2, 0) is 56.0 Å². The Hall–Kier alpha value is -6.33. The Balaban J connectivity index is 1.51. The molecule has 3 fully saturated rings. The average Bonchev–Trinajstić information content (AvgIpc) is 4.24. The maximum absolute atomic E-state index is 14.7. The molecule has 0 bridgehead atoms. The lowest BCUT2D eigenvalue weighted by Gasteiger charge is -2.34. The van der Waals surface area contributed by atoms with E-state index < -0.39 is 95.5 Å². The number of carbonyl (C=O) groups is 9. The molecular weight excluding hydrogens is 1000 g/mol. The molecule has 5 rings (SSSR count). The van der Waals surface area contributed by atoms with Crippen LogP contribution in [0.15, 0.2) is 60.7 Å². The van der Waals surface area contributed by atoms with Gasteiger partial charge in [0.1, 0.15) is 42.3 Å². The molecule has 0 unspecified atom stereocenters. The molecule has 0 aliphatic carbocycles. The minimum Gasteiger partial charge on any atom is -0.356 e. The SMILES string of the molecule is CC[C@H](C)[C@@H]1NC(=O)[C@H](CC(C)C)NC(=O)C[C@@H](Cc2ccccc2)CNC(=O)C[C@@H](Cc2ccccc2)CNC(=O)[C@@H]2CCCN2C(=O)[C@@H]2CCCN2C(=O)[C@H](C(C)C)NC(=O)[C@H](CC(C)C)NC(=O)[C@H]([C@@H](C)CC)NC1=O. The molecule has 18 heteroatoms. The summed E-state index contributed by atoms with van der Waals surface area (Å²) in [5.74, 6) is -6.17. The molecule has 0 saturated carbocycles. The summed E-state index contributed by atoms with van der Waals surface area (Å²) < 4.78 is 0. The Morgan fingerprint density at radius 2 is 0.899 bits per heavy atom. The van der Waals surface area contributed by atoms with E-state index in [0.717, 1.165) is 11.1 Å². The predicted molar refractivity (Wildman–Crippen MR) is 304 cm³/mol. The van der Waals surface area contributed by atoms with Crippen molar-refractivity contribution >= 4 is 53.2 Å². The number of hydrogen-bond acceptors (Lipinski definition) is 9. The van der Waals surface area contributed by atoms with E-state index in [-0.39, 0.29) is 86.7 Å². The van der Waals surface area contributed by atoms with Crippen molar-refractivity contribution in [2.45, 2.75) is 189 Å². The van der Waals surface area contributed by atoms with E-state index in [2.05, 4.69) is 37.2 Å². The van der Waals surface area contributed by atoms with E-state index in [1.54, 1.807) is 18.7 Å². The normalized spacial score (nSPS) is 27.2. The van der Waals surface area contributed by atoms with Crippen LogP contribution in [0.25, 0.3) is 0 Å². The molecule has 79 heavy (non-hydrogen) atoms.